The Hall–Kier alpha value is -1.84. The minimum atomic E-state index is -0.268. The van der Waals surface area contributed by atoms with Crippen LogP contribution in [0, 0.1) is 12.7 Å². The molecule has 0 aliphatic rings. The average Bonchev–Trinajstić information content (AvgIpc) is 2.76. The van der Waals surface area contributed by atoms with Crippen LogP contribution >= 0.6 is 0 Å². The van der Waals surface area contributed by atoms with E-state index >= 15 is 0 Å². The smallest absolute Gasteiger partial charge is 0.132 e. The Balaban J connectivity index is 2.51. The molecule has 2 N–H and O–H groups in total. The first-order valence-electron chi connectivity index (χ1n) is 7.69. The lowest BCUT2D eigenvalue weighted by atomic mass is 10.1. The number of aromatic nitrogens is 2. The normalized spacial score (nSPS) is 11.0. The van der Waals surface area contributed by atoms with Crippen molar-refractivity contribution < 1.29 is 4.39 Å². The second-order valence-corrected chi connectivity index (χ2v) is 5.50. The molecule has 0 radical (unpaired) electrons. The summed E-state index contributed by atoms with van der Waals surface area (Å²) in [6.07, 6.45) is 4.00. The molecular formula is C17H24FN3. The van der Waals surface area contributed by atoms with Gasteiger partial charge in [-0.2, -0.15) is 0 Å². The van der Waals surface area contributed by atoms with Gasteiger partial charge in [0, 0.05) is 18.5 Å². The molecule has 2 rings (SSSR count). The molecule has 0 spiro atoms. The van der Waals surface area contributed by atoms with Crippen LogP contribution in [0.5, 0.6) is 0 Å². The minimum Gasteiger partial charge on any atom is -0.383 e. The van der Waals surface area contributed by atoms with Crippen LogP contribution in [0.2, 0.25) is 0 Å². The van der Waals surface area contributed by atoms with Crippen molar-refractivity contribution in [3.05, 3.63) is 35.4 Å². The van der Waals surface area contributed by atoms with Crippen LogP contribution in [-0.4, -0.2) is 9.55 Å². The van der Waals surface area contributed by atoms with Crippen molar-refractivity contribution in [2.24, 2.45) is 0 Å². The highest BCUT2D eigenvalue weighted by molar-refractivity contribution is 5.72. The van der Waals surface area contributed by atoms with Crippen LogP contribution < -0.4 is 5.73 Å². The Bertz CT molecular complexity index is 617. The molecular weight excluding hydrogens is 265 g/mol. The van der Waals surface area contributed by atoms with Crippen LogP contribution in [0.3, 0.4) is 0 Å². The van der Waals surface area contributed by atoms with E-state index in [1.807, 2.05) is 17.6 Å². The third-order valence-electron chi connectivity index (χ3n) is 3.67. The Morgan fingerprint density at radius 1 is 1.24 bits per heavy atom. The van der Waals surface area contributed by atoms with E-state index < -0.39 is 0 Å². The summed E-state index contributed by atoms with van der Waals surface area (Å²) in [5.41, 5.74) is 8.34. The highest BCUT2D eigenvalue weighted by Gasteiger charge is 2.18. The van der Waals surface area contributed by atoms with Gasteiger partial charge in [0.2, 0.25) is 0 Å². The maximum absolute atomic E-state index is 14.1. The van der Waals surface area contributed by atoms with Crippen molar-refractivity contribution in [2.75, 3.05) is 5.73 Å². The third kappa shape index (κ3) is 3.26. The van der Waals surface area contributed by atoms with Gasteiger partial charge in [-0.15, -0.1) is 0 Å². The van der Waals surface area contributed by atoms with Gasteiger partial charge in [0.1, 0.15) is 23.2 Å². The Labute approximate surface area is 126 Å². The number of hydrogen-bond acceptors (Lipinski definition) is 2. The largest absolute Gasteiger partial charge is 0.383 e. The van der Waals surface area contributed by atoms with E-state index in [1.54, 1.807) is 6.07 Å². The summed E-state index contributed by atoms with van der Waals surface area (Å²) in [4.78, 5) is 4.62. The number of benzene rings is 1. The molecule has 4 heteroatoms. The number of nitrogens with zero attached hydrogens (tertiary/aromatic N) is 2. The number of halogens is 1. The SMILES string of the molecule is CCCCn1c(CCC)nc(-c2cc(C)ccc2F)c1N. The second kappa shape index (κ2) is 6.74. The maximum atomic E-state index is 14.1. The van der Waals surface area contributed by atoms with E-state index in [2.05, 4.69) is 18.8 Å². The molecule has 3 nitrogen and oxygen atoms in total. The van der Waals surface area contributed by atoms with Gasteiger partial charge >= 0.3 is 0 Å². The molecule has 0 saturated heterocycles. The number of hydrogen-bond donors (Lipinski definition) is 1. The van der Waals surface area contributed by atoms with Gasteiger partial charge in [-0.3, -0.25) is 0 Å². The van der Waals surface area contributed by atoms with E-state index in [4.69, 9.17) is 5.73 Å². The average molecular weight is 289 g/mol. The first-order valence-corrected chi connectivity index (χ1v) is 7.69. The number of anilines is 1. The van der Waals surface area contributed by atoms with Gasteiger partial charge in [-0.25, -0.2) is 9.37 Å². The van der Waals surface area contributed by atoms with E-state index in [1.165, 1.54) is 6.07 Å². The summed E-state index contributed by atoms with van der Waals surface area (Å²) in [6, 6.07) is 5.05. The first kappa shape index (κ1) is 15.5. The third-order valence-corrected chi connectivity index (χ3v) is 3.67. The predicted molar refractivity (Wildman–Crippen MR) is 85.7 cm³/mol. The molecule has 0 aliphatic carbocycles. The second-order valence-electron chi connectivity index (χ2n) is 5.50. The number of nitrogen functional groups attached to an aromatic ring is 1. The summed E-state index contributed by atoms with van der Waals surface area (Å²) in [7, 11) is 0. The van der Waals surface area contributed by atoms with Crippen LogP contribution in [0.1, 0.15) is 44.5 Å². The van der Waals surface area contributed by atoms with Crippen molar-refractivity contribution in [2.45, 2.75) is 53.0 Å². The molecule has 1 aromatic carbocycles. The highest BCUT2D eigenvalue weighted by atomic mass is 19.1. The Morgan fingerprint density at radius 2 is 2.00 bits per heavy atom. The molecule has 0 bridgehead atoms. The van der Waals surface area contributed by atoms with Crippen LogP contribution in [-0.2, 0) is 13.0 Å². The van der Waals surface area contributed by atoms with Gasteiger partial charge in [-0.05, 0) is 31.9 Å². The molecule has 0 unspecified atom stereocenters. The predicted octanol–water partition coefficient (Wildman–Crippen LogP) is 4.33. The van der Waals surface area contributed by atoms with Crippen molar-refractivity contribution in [1.82, 2.24) is 9.55 Å². The zero-order chi connectivity index (χ0) is 15.4. The van der Waals surface area contributed by atoms with Crippen molar-refractivity contribution in [1.29, 1.82) is 0 Å². The fraction of sp³-hybridized carbons (Fsp3) is 0.471. The van der Waals surface area contributed by atoms with Crippen molar-refractivity contribution in [3.8, 4) is 11.3 Å². The molecule has 1 aromatic heterocycles. The number of unbranched alkanes of at least 4 members (excludes halogenated alkanes) is 1. The zero-order valence-corrected chi connectivity index (χ0v) is 13.1. The number of rotatable bonds is 6. The standard InChI is InChI=1S/C17H24FN3/c1-4-6-10-21-15(7-5-2)20-16(17(21)19)13-11-12(3)8-9-14(13)18/h8-9,11H,4-7,10,19H2,1-3H3. The van der Waals surface area contributed by atoms with Crippen LogP contribution in [0.25, 0.3) is 11.3 Å². The minimum absolute atomic E-state index is 0.268. The summed E-state index contributed by atoms with van der Waals surface area (Å²) < 4.78 is 16.2. The lowest BCUT2D eigenvalue weighted by Crippen LogP contribution is -2.07. The zero-order valence-electron chi connectivity index (χ0n) is 13.1. The number of nitrogens with two attached hydrogens (primary N) is 1. The Kier molecular flexibility index (Phi) is 4.99. The molecule has 21 heavy (non-hydrogen) atoms. The first-order chi connectivity index (χ1) is 10.1. The van der Waals surface area contributed by atoms with Crippen LogP contribution in [0.15, 0.2) is 18.2 Å². The molecule has 2 aromatic rings. The molecule has 0 saturated carbocycles. The molecule has 0 aliphatic heterocycles. The van der Waals surface area contributed by atoms with E-state index in [0.717, 1.165) is 43.6 Å². The van der Waals surface area contributed by atoms with E-state index in [-0.39, 0.29) is 5.82 Å². The van der Waals surface area contributed by atoms with Gasteiger partial charge in [-0.1, -0.05) is 31.9 Å². The van der Waals surface area contributed by atoms with Gasteiger partial charge in [0.15, 0.2) is 0 Å². The van der Waals surface area contributed by atoms with Gasteiger partial charge < -0.3 is 10.3 Å². The molecule has 0 amide bonds. The maximum Gasteiger partial charge on any atom is 0.132 e. The number of imidazole rings is 1. The molecule has 0 fully saturated rings. The summed E-state index contributed by atoms with van der Waals surface area (Å²) >= 11 is 0. The topological polar surface area (TPSA) is 43.8 Å². The summed E-state index contributed by atoms with van der Waals surface area (Å²) in [5.74, 6) is 1.27. The quantitative estimate of drug-likeness (QED) is 0.860. The van der Waals surface area contributed by atoms with Gasteiger partial charge in [0.25, 0.3) is 0 Å². The Morgan fingerprint density at radius 3 is 2.67 bits per heavy atom. The lowest BCUT2D eigenvalue weighted by Gasteiger charge is -2.08. The monoisotopic (exact) mass is 289 g/mol. The summed E-state index contributed by atoms with van der Waals surface area (Å²) in [5, 5.41) is 0. The summed E-state index contributed by atoms with van der Waals surface area (Å²) in [6.45, 7) is 7.05. The fourth-order valence-electron chi connectivity index (χ4n) is 2.51. The van der Waals surface area contributed by atoms with E-state index in [0.29, 0.717) is 17.1 Å². The lowest BCUT2D eigenvalue weighted by molar-refractivity contribution is 0.604. The molecule has 114 valence electrons. The highest BCUT2D eigenvalue weighted by Crippen LogP contribution is 2.30. The molecule has 1 heterocycles. The van der Waals surface area contributed by atoms with Crippen LogP contribution in [0.4, 0.5) is 10.2 Å². The van der Waals surface area contributed by atoms with Crippen molar-refractivity contribution >= 4 is 5.82 Å². The van der Waals surface area contributed by atoms with Gasteiger partial charge in [0.05, 0.1) is 0 Å². The number of aryl methyl sites for hydroxylation is 2. The van der Waals surface area contributed by atoms with Crippen molar-refractivity contribution in [3.63, 3.8) is 0 Å². The van der Waals surface area contributed by atoms with E-state index in [9.17, 15) is 4.39 Å². The molecule has 0 atom stereocenters. The fourth-order valence-corrected chi connectivity index (χ4v) is 2.51.